The van der Waals surface area contributed by atoms with E-state index in [1.807, 2.05) is 0 Å². The fourth-order valence-electron chi connectivity index (χ4n) is 2.05. The van der Waals surface area contributed by atoms with E-state index in [0.29, 0.717) is 5.92 Å². The minimum absolute atomic E-state index is 0.00931. The molecule has 1 aliphatic carbocycles. The van der Waals surface area contributed by atoms with Crippen molar-refractivity contribution in [3.63, 3.8) is 0 Å². The molecule has 17 heavy (non-hydrogen) atoms. The van der Waals surface area contributed by atoms with Gasteiger partial charge in [-0.15, -0.1) is 0 Å². The van der Waals surface area contributed by atoms with Crippen LogP contribution in [0.1, 0.15) is 36.5 Å². The highest BCUT2D eigenvalue weighted by Gasteiger charge is 2.37. The van der Waals surface area contributed by atoms with Crippen LogP contribution in [0, 0.1) is 11.7 Å². The van der Waals surface area contributed by atoms with Gasteiger partial charge in [-0.3, -0.25) is 4.79 Å². The molecule has 0 aromatic heterocycles. The van der Waals surface area contributed by atoms with Gasteiger partial charge in [0.1, 0.15) is 11.6 Å². The molecule has 2 atom stereocenters. The van der Waals surface area contributed by atoms with Crippen molar-refractivity contribution in [2.75, 3.05) is 0 Å². The number of amides is 1. The third-order valence-electron chi connectivity index (χ3n) is 3.10. The lowest BCUT2D eigenvalue weighted by atomic mass is 10.2. The number of aromatic hydroxyl groups is 1. The normalized spacial score (nSPS) is 22.2. The molecule has 0 saturated heterocycles. The van der Waals surface area contributed by atoms with Crippen LogP contribution in [0.3, 0.4) is 0 Å². The molecular weight excluding hydrogens is 221 g/mol. The summed E-state index contributed by atoms with van der Waals surface area (Å²) < 4.78 is 13.4. The Morgan fingerprint density at radius 3 is 3.00 bits per heavy atom. The standard InChI is InChI=1S/C13H16FNO2/c1-2-3-8-6-12(8)15-13(17)10-5-4-9(16)7-11(10)14/h4-5,7-8,12,16H,2-3,6H2,1H3,(H,15,17). The lowest BCUT2D eigenvalue weighted by Crippen LogP contribution is -2.27. The zero-order chi connectivity index (χ0) is 12.4. The van der Waals surface area contributed by atoms with Gasteiger partial charge in [-0.05, 0) is 30.9 Å². The van der Waals surface area contributed by atoms with Crippen molar-refractivity contribution in [1.29, 1.82) is 0 Å². The minimum Gasteiger partial charge on any atom is -0.508 e. The van der Waals surface area contributed by atoms with Crippen molar-refractivity contribution >= 4 is 5.91 Å². The zero-order valence-corrected chi connectivity index (χ0v) is 9.74. The van der Waals surface area contributed by atoms with Crippen LogP contribution in [0.15, 0.2) is 18.2 Å². The van der Waals surface area contributed by atoms with Crippen LogP contribution in [0.2, 0.25) is 0 Å². The van der Waals surface area contributed by atoms with Gasteiger partial charge in [-0.2, -0.15) is 0 Å². The molecule has 2 unspecified atom stereocenters. The van der Waals surface area contributed by atoms with Gasteiger partial charge in [0.05, 0.1) is 5.56 Å². The topological polar surface area (TPSA) is 49.3 Å². The predicted molar refractivity (Wildman–Crippen MR) is 62.3 cm³/mol. The Morgan fingerprint density at radius 2 is 2.35 bits per heavy atom. The summed E-state index contributed by atoms with van der Waals surface area (Å²) in [7, 11) is 0. The lowest BCUT2D eigenvalue weighted by molar-refractivity contribution is 0.0945. The van der Waals surface area contributed by atoms with Crippen LogP contribution < -0.4 is 5.32 Å². The molecule has 1 saturated carbocycles. The molecule has 92 valence electrons. The number of rotatable bonds is 4. The molecule has 1 amide bonds. The molecular formula is C13H16FNO2. The van der Waals surface area contributed by atoms with Crippen LogP contribution in [0.4, 0.5) is 4.39 Å². The monoisotopic (exact) mass is 237 g/mol. The highest BCUT2D eigenvalue weighted by molar-refractivity contribution is 5.95. The van der Waals surface area contributed by atoms with Gasteiger partial charge in [0.25, 0.3) is 5.91 Å². The molecule has 1 aliphatic rings. The maximum Gasteiger partial charge on any atom is 0.254 e. The van der Waals surface area contributed by atoms with Crippen molar-refractivity contribution < 1.29 is 14.3 Å². The Labute approximate surface area is 99.7 Å². The quantitative estimate of drug-likeness (QED) is 0.845. The first-order valence-corrected chi connectivity index (χ1v) is 5.91. The molecule has 1 fully saturated rings. The summed E-state index contributed by atoms with van der Waals surface area (Å²) in [6, 6.07) is 3.76. The summed E-state index contributed by atoms with van der Waals surface area (Å²) in [6.45, 7) is 2.11. The van der Waals surface area contributed by atoms with Gasteiger partial charge in [0, 0.05) is 12.1 Å². The predicted octanol–water partition coefficient (Wildman–Crippen LogP) is 2.45. The Kier molecular flexibility index (Phi) is 3.31. The molecule has 4 heteroatoms. The fourth-order valence-corrected chi connectivity index (χ4v) is 2.05. The molecule has 0 aliphatic heterocycles. The Balaban J connectivity index is 1.96. The number of nitrogens with one attached hydrogen (secondary N) is 1. The summed E-state index contributed by atoms with van der Waals surface area (Å²) in [5.74, 6) is -0.709. The van der Waals surface area contributed by atoms with Gasteiger partial charge in [-0.1, -0.05) is 13.3 Å². The van der Waals surface area contributed by atoms with Crippen LogP contribution >= 0.6 is 0 Å². The van der Waals surface area contributed by atoms with Gasteiger partial charge >= 0.3 is 0 Å². The Bertz CT molecular complexity index is 433. The summed E-state index contributed by atoms with van der Waals surface area (Å²) in [4.78, 5) is 11.7. The number of hydrogen-bond donors (Lipinski definition) is 2. The Hall–Kier alpha value is -1.58. The van der Waals surface area contributed by atoms with E-state index in [1.54, 1.807) is 0 Å². The summed E-state index contributed by atoms with van der Waals surface area (Å²) >= 11 is 0. The van der Waals surface area contributed by atoms with Crippen molar-refractivity contribution in [3.05, 3.63) is 29.6 Å². The molecule has 2 rings (SSSR count). The first-order chi connectivity index (χ1) is 8.11. The third-order valence-corrected chi connectivity index (χ3v) is 3.10. The van der Waals surface area contributed by atoms with E-state index in [1.165, 1.54) is 12.1 Å². The Morgan fingerprint density at radius 1 is 1.59 bits per heavy atom. The van der Waals surface area contributed by atoms with Crippen LogP contribution in [0.25, 0.3) is 0 Å². The lowest BCUT2D eigenvalue weighted by Gasteiger charge is -2.05. The van der Waals surface area contributed by atoms with Crippen molar-refractivity contribution in [3.8, 4) is 5.75 Å². The second-order valence-corrected chi connectivity index (χ2v) is 4.53. The van der Waals surface area contributed by atoms with Gasteiger partial charge < -0.3 is 10.4 Å². The van der Waals surface area contributed by atoms with Crippen molar-refractivity contribution in [2.45, 2.75) is 32.2 Å². The first kappa shape index (κ1) is 11.9. The van der Waals surface area contributed by atoms with E-state index in [4.69, 9.17) is 5.11 Å². The number of halogens is 1. The molecule has 2 N–H and O–H groups in total. The maximum atomic E-state index is 13.4. The van der Waals surface area contributed by atoms with E-state index in [0.717, 1.165) is 25.3 Å². The number of benzene rings is 1. The largest absolute Gasteiger partial charge is 0.508 e. The van der Waals surface area contributed by atoms with E-state index >= 15 is 0 Å². The second-order valence-electron chi connectivity index (χ2n) is 4.53. The summed E-state index contributed by atoms with van der Waals surface area (Å²) in [5, 5.41) is 11.9. The number of hydrogen-bond acceptors (Lipinski definition) is 2. The second kappa shape index (κ2) is 4.73. The van der Waals surface area contributed by atoms with Gasteiger partial charge in [0.15, 0.2) is 0 Å². The van der Waals surface area contributed by atoms with Gasteiger partial charge in [-0.25, -0.2) is 4.39 Å². The van der Waals surface area contributed by atoms with Crippen LogP contribution in [-0.4, -0.2) is 17.1 Å². The highest BCUT2D eigenvalue weighted by Crippen LogP contribution is 2.34. The summed E-state index contributed by atoms with van der Waals surface area (Å²) in [6.07, 6.45) is 3.19. The number of phenols is 1. The number of carbonyl (C=O) groups is 1. The smallest absolute Gasteiger partial charge is 0.254 e. The van der Waals surface area contributed by atoms with E-state index in [-0.39, 0.29) is 17.4 Å². The number of carbonyl (C=O) groups excluding carboxylic acids is 1. The molecule has 1 aromatic rings. The zero-order valence-electron chi connectivity index (χ0n) is 9.74. The average Bonchev–Trinajstić information content (AvgIpc) is 2.96. The van der Waals surface area contributed by atoms with Crippen LogP contribution in [0.5, 0.6) is 5.75 Å². The molecule has 0 bridgehead atoms. The van der Waals surface area contributed by atoms with Crippen LogP contribution in [-0.2, 0) is 0 Å². The SMILES string of the molecule is CCCC1CC1NC(=O)c1ccc(O)cc1F. The molecule has 0 radical (unpaired) electrons. The minimum atomic E-state index is -0.685. The first-order valence-electron chi connectivity index (χ1n) is 5.91. The third kappa shape index (κ3) is 2.75. The number of phenolic OH excluding ortho intramolecular Hbond substituents is 1. The maximum absolute atomic E-state index is 13.4. The molecule has 1 aromatic carbocycles. The fraction of sp³-hybridized carbons (Fsp3) is 0.462. The van der Waals surface area contributed by atoms with Crippen molar-refractivity contribution in [1.82, 2.24) is 5.32 Å². The van der Waals surface area contributed by atoms with E-state index in [2.05, 4.69) is 12.2 Å². The van der Waals surface area contributed by atoms with E-state index in [9.17, 15) is 9.18 Å². The van der Waals surface area contributed by atoms with Gasteiger partial charge in [0.2, 0.25) is 0 Å². The average molecular weight is 237 g/mol. The van der Waals surface area contributed by atoms with E-state index < -0.39 is 11.7 Å². The molecule has 0 heterocycles. The highest BCUT2D eigenvalue weighted by atomic mass is 19.1. The molecule has 0 spiro atoms. The summed E-state index contributed by atoms with van der Waals surface area (Å²) in [5.41, 5.74) is -0.00931. The molecule has 3 nitrogen and oxygen atoms in total. The van der Waals surface area contributed by atoms with Crippen molar-refractivity contribution in [2.24, 2.45) is 5.92 Å².